The Balaban J connectivity index is 2.01. The second-order valence-corrected chi connectivity index (χ2v) is 5.44. The fourth-order valence-corrected chi connectivity index (χ4v) is 2.00. The van der Waals surface area contributed by atoms with E-state index >= 15 is 0 Å². The second-order valence-electron chi connectivity index (χ2n) is 5.44. The summed E-state index contributed by atoms with van der Waals surface area (Å²) in [7, 11) is 0. The Kier molecular flexibility index (Phi) is 4.37. The molecule has 2 aromatic heterocycles. The van der Waals surface area contributed by atoms with Gasteiger partial charge in [-0.1, -0.05) is 13.8 Å². The quantitative estimate of drug-likeness (QED) is 0.867. The van der Waals surface area contributed by atoms with Gasteiger partial charge in [0, 0.05) is 31.0 Å². The monoisotopic (exact) mass is 261 g/mol. The Hall–Kier alpha value is -1.62. The highest BCUT2D eigenvalue weighted by molar-refractivity contribution is 5.11. The molecule has 0 saturated carbocycles. The van der Waals surface area contributed by atoms with E-state index in [0.717, 1.165) is 18.9 Å². The fourth-order valence-electron chi connectivity index (χ4n) is 2.00. The molecule has 19 heavy (non-hydrogen) atoms. The normalized spacial score (nSPS) is 11.7. The van der Waals surface area contributed by atoms with E-state index in [-0.39, 0.29) is 0 Å². The molecule has 0 aliphatic carbocycles. The molecule has 0 fully saturated rings. The van der Waals surface area contributed by atoms with Crippen molar-refractivity contribution in [3.63, 3.8) is 0 Å². The van der Waals surface area contributed by atoms with Gasteiger partial charge in [0.25, 0.3) is 0 Å². The number of nitrogens with zero attached hydrogens (tertiary/aromatic N) is 4. The number of nitrogens with one attached hydrogen (secondary N) is 1. The standard InChI is InChI=1S/C14H23N5/c1-11(2)15-7-13-5-6-18(8-13)9-14-16-10-17-19(14)12(3)4/h5-6,8,10-12,15H,7,9H2,1-4H3. The lowest BCUT2D eigenvalue weighted by Gasteiger charge is -2.10. The lowest BCUT2D eigenvalue weighted by Crippen LogP contribution is -2.21. The van der Waals surface area contributed by atoms with E-state index < -0.39 is 0 Å². The zero-order valence-corrected chi connectivity index (χ0v) is 12.2. The van der Waals surface area contributed by atoms with Gasteiger partial charge in [-0.05, 0) is 25.5 Å². The molecule has 0 aliphatic rings. The second kappa shape index (κ2) is 6.02. The van der Waals surface area contributed by atoms with E-state index in [0.29, 0.717) is 12.1 Å². The molecule has 5 nitrogen and oxygen atoms in total. The van der Waals surface area contributed by atoms with Crippen LogP contribution in [0.2, 0.25) is 0 Å². The average molecular weight is 261 g/mol. The maximum absolute atomic E-state index is 4.33. The van der Waals surface area contributed by atoms with Crippen LogP contribution in [0.3, 0.4) is 0 Å². The van der Waals surface area contributed by atoms with Crippen LogP contribution < -0.4 is 5.32 Å². The van der Waals surface area contributed by atoms with Crippen LogP contribution in [0.5, 0.6) is 0 Å². The third-order valence-corrected chi connectivity index (χ3v) is 2.99. The SMILES string of the molecule is CC(C)NCc1ccn(Cc2ncnn2C(C)C)c1. The van der Waals surface area contributed by atoms with Crippen molar-refractivity contribution in [3.8, 4) is 0 Å². The molecule has 2 aromatic rings. The molecule has 0 aliphatic heterocycles. The van der Waals surface area contributed by atoms with Crippen molar-refractivity contribution in [2.45, 2.75) is 52.9 Å². The maximum Gasteiger partial charge on any atom is 0.147 e. The minimum absolute atomic E-state index is 0.343. The number of hydrogen-bond acceptors (Lipinski definition) is 3. The largest absolute Gasteiger partial charge is 0.346 e. The van der Waals surface area contributed by atoms with Crippen LogP contribution in [0.25, 0.3) is 0 Å². The lowest BCUT2D eigenvalue weighted by molar-refractivity contribution is 0.496. The molecule has 0 spiro atoms. The predicted octanol–water partition coefficient (Wildman–Crippen LogP) is 2.21. The third-order valence-electron chi connectivity index (χ3n) is 2.99. The first-order valence-electron chi connectivity index (χ1n) is 6.82. The molecule has 2 rings (SSSR count). The van der Waals surface area contributed by atoms with Gasteiger partial charge in [-0.15, -0.1) is 0 Å². The van der Waals surface area contributed by atoms with Crippen LogP contribution in [0.1, 0.15) is 45.1 Å². The summed E-state index contributed by atoms with van der Waals surface area (Å²) in [6.45, 7) is 10.2. The minimum Gasteiger partial charge on any atom is -0.346 e. The molecule has 0 bridgehead atoms. The van der Waals surface area contributed by atoms with Gasteiger partial charge in [-0.3, -0.25) is 0 Å². The molecule has 5 heteroatoms. The average Bonchev–Trinajstić information content (AvgIpc) is 2.96. The van der Waals surface area contributed by atoms with Crippen molar-refractivity contribution < 1.29 is 0 Å². The van der Waals surface area contributed by atoms with E-state index in [9.17, 15) is 0 Å². The van der Waals surface area contributed by atoms with E-state index in [1.165, 1.54) is 5.56 Å². The molecule has 1 N–H and O–H groups in total. The molecular weight excluding hydrogens is 238 g/mol. The van der Waals surface area contributed by atoms with E-state index in [4.69, 9.17) is 0 Å². The van der Waals surface area contributed by atoms with E-state index in [1.54, 1.807) is 6.33 Å². The Morgan fingerprint density at radius 3 is 2.74 bits per heavy atom. The molecule has 0 saturated heterocycles. The van der Waals surface area contributed by atoms with Crippen LogP contribution in [0, 0.1) is 0 Å². The Morgan fingerprint density at radius 1 is 1.26 bits per heavy atom. The molecule has 0 aromatic carbocycles. The van der Waals surface area contributed by atoms with Crippen molar-refractivity contribution in [1.82, 2.24) is 24.6 Å². The van der Waals surface area contributed by atoms with Crippen LogP contribution in [0.4, 0.5) is 0 Å². The summed E-state index contributed by atoms with van der Waals surface area (Å²) in [4.78, 5) is 4.33. The van der Waals surface area contributed by atoms with E-state index in [2.05, 4.69) is 66.1 Å². The zero-order valence-electron chi connectivity index (χ0n) is 12.2. The first-order chi connectivity index (χ1) is 9.06. The highest BCUT2D eigenvalue weighted by Crippen LogP contribution is 2.09. The highest BCUT2D eigenvalue weighted by Gasteiger charge is 2.08. The van der Waals surface area contributed by atoms with Gasteiger partial charge in [0.15, 0.2) is 0 Å². The van der Waals surface area contributed by atoms with Gasteiger partial charge in [-0.2, -0.15) is 5.10 Å². The van der Waals surface area contributed by atoms with Gasteiger partial charge >= 0.3 is 0 Å². The van der Waals surface area contributed by atoms with Gasteiger partial charge in [-0.25, -0.2) is 9.67 Å². The Labute approximate surface area is 114 Å². The Bertz CT molecular complexity index is 509. The smallest absolute Gasteiger partial charge is 0.147 e. The summed E-state index contributed by atoms with van der Waals surface area (Å²) >= 11 is 0. The van der Waals surface area contributed by atoms with Crippen molar-refractivity contribution in [2.24, 2.45) is 0 Å². The van der Waals surface area contributed by atoms with Crippen molar-refractivity contribution in [1.29, 1.82) is 0 Å². The van der Waals surface area contributed by atoms with E-state index in [1.807, 2.05) is 4.68 Å². The molecular formula is C14H23N5. The van der Waals surface area contributed by atoms with Crippen LogP contribution in [-0.2, 0) is 13.1 Å². The third kappa shape index (κ3) is 3.67. The van der Waals surface area contributed by atoms with Gasteiger partial charge < -0.3 is 9.88 Å². The van der Waals surface area contributed by atoms with Crippen LogP contribution in [-0.4, -0.2) is 25.4 Å². The molecule has 0 unspecified atom stereocenters. The van der Waals surface area contributed by atoms with Crippen molar-refractivity contribution in [3.05, 3.63) is 36.2 Å². The van der Waals surface area contributed by atoms with Crippen LogP contribution in [0.15, 0.2) is 24.8 Å². The summed E-state index contributed by atoms with van der Waals surface area (Å²) in [5.74, 6) is 0.994. The Morgan fingerprint density at radius 2 is 2.05 bits per heavy atom. The fraction of sp³-hybridized carbons (Fsp3) is 0.571. The number of rotatable bonds is 6. The van der Waals surface area contributed by atoms with Gasteiger partial charge in [0.1, 0.15) is 12.2 Å². The summed E-state index contributed by atoms with van der Waals surface area (Å²) in [5.41, 5.74) is 1.30. The first kappa shape index (κ1) is 13.8. The summed E-state index contributed by atoms with van der Waals surface area (Å²) < 4.78 is 4.12. The number of hydrogen-bond donors (Lipinski definition) is 1. The first-order valence-corrected chi connectivity index (χ1v) is 6.82. The maximum atomic E-state index is 4.33. The predicted molar refractivity (Wildman–Crippen MR) is 75.9 cm³/mol. The molecule has 0 amide bonds. The highest BCUT2D eigenvalue weighted by atomic mass is 15.4. The van der Waals surface area contributed by atoms with Gasteiger partial charge in [0.05, 0.1) is 6.54 Å². The summed E-state index contributed by atoms with van der Waals surface area (Å²) in [6.07, 6.45) is 5.88. The number of aromatic nitrogens is 4. The summed E-state index contributed by atoms with van der Waals surface area (Å²) in [6, 6.07) is 2.99. The molecule has 104 valence electrons. The van der Waals surface area contributed by atoms with Crippen LogP contribution >= 0.6 is 0 Å². The van der Waals surface area contributed by atoms with Gasteiger partial charge in [0.2, 0.25) is 0 Å². The molecule has 0 radical (unpaired) electrons. The van der Waals surface area contributed by atoms with Crippen molar-refractivity contribution in [2.75, 3.05) is 0 Å². The zero-order chi connectivity index (χ0) is 13.8. The minimum atomic E-state index is 0.343. The topological polar surface area (TPSA) is 47.7 Å². The molecule has 2 heterocycles. The lowest BCUT2D eigenvalue weighted by atomic mass is 10.3. The summed E-state index contributed by atoms with van der Waals surface area (Å²) in [5, 5.41) is 7.68. The molecule has 0 atom stereocenters. The van der Waals surface area contributed by atoms with Crippen molar-refractivity contribution >= 4 is 0 Å².